The van der Waals surface area contributed by atoms with Gasteiger partial charge in [-0.25, -0.2) is 13.2 Å². The zero-order chi connectivity index (χ0) is 13.3. The van der Waals surface area contributed by atoms with Crippen LogP contribution < -0.4 is 5.32 Å². The Hall–Kier alpha value is -1.23. The molecule has 0 aromatic heterocycles. The van der Waals surface area contributed by atoms with Crippen LogP contribution in [0.4, 0.5) is 18.9 Å². The van der Waals surface area contributed by atoms with E-state index in [9.17, 15) is 13.2 Å². The van der Waals surface area contributed by atoms with Crippen LogP contribution in [0.5, 0.6) is 0 Å². The molecule has 1 saturated heterocycles. The van der Waals surface area contributed by atoms with Gasteiger partial charge < -0.3 is 10.1 Å². The van der Waals surface area contributed by atoms with Crippen LogP contribution in [-0.4, -0.2) is 18.2 Å². The number of hydrogen-bond donors (Lipinski definition) is 1. The zero-order valence-corrected chi connectivity index (χ0v) is 10.4. The number of rotatable bonds is 2. The number of hydrogen-bond acceptors (Lipinski definition) is 2. The first-order valence-corrected chi connectivity index (χ1v) is 5.92. The van der Waals surface area contributed by atoms with E-state index in [-0.39, 0.29) is 17.3 Å². The van der Waals surface area contributed by atoms with Crippen LogP contribution in [0.1, 0.15) is 26.7 Å². The quantitative estimate of drug-likeness (QED) is 0.821. The van der Waals surface area contributed by atoms with Gasteiger partial charge in [-0.2, -0.15) is 0 Å². The molecule has 1 heterocycles. The Balaban J connectivity index is 2.14. The lowest BCUT2D eigenvalue weighted by atomic mass is 9.94. The van der Waals surface area contributed by atoms with Gasteiger partial charge >= 0.3 is 0 Å². The highest BCUT2D eigenvalue weighted by atomic mass is 19.2. The molecule has 1 aromatic rings. The summed E-state index contributed by atoms with van der Waals surface area (Å²) < 4.78 is 45.1. The first kappa shape index (κ1) is 13.2. The Morgan fingerprint density at radius 1 is 1.28 bits per heavy atom. The molecular formula is C13H16F3NO. The highest BCUT2D eigenvalue weighted by Gasteiger charge is 2.29. The number of anilines is 1. The molecule has 1 aromatic carbocycles. The van der Waals surface area contributed by atoms with Crippen molar-refractivity contribution in [1.29, 1.82) is 0 Å². The molecule has 0 spiro atoms. The molecule has 2 rings (SSSR count). The standard InChI is InChI=1S/C13H16F3NO/c1-13(2)7-9(3-4-18-13)17-11-6-8(14)5-10(15)12(11)16/h5-6,9,17H,3-4,7H2,1-2H3. The van der Waals surface area contributed by atoms with Crippen molar-refractivity contribution in [1.82, 2.24) is 0 Å². The molecule has 1 fully saturated rings. The van der Waals surface area contributed by atoms with E-state index in [4.69, 9.17) is 4.74 Å². The second-order valence-electron chi connectivity index (χ2n) is 5.19. The van der Waals surface area contributed by atoms with Gasteiger partial charge in [0.2, 0.25) is 0 Å². The lowest BCUT2D eigenvalue weighted by Crippen LogP contribution is -2.40. The van der Waals surface area contributed by atoms with Crippen LogP contribution in [0.25, 0.3) is 0 Å². The maximum Gasteiger partial charge on any atom is 0.182 e. The highest BCUT2D eigenvalue weighted by molar-refractivity contribution is 5.46. The van der Waals surface area contributed by atoms with Gasteiger partial charge in [0.25, 0.3) is 0 Å². The molecule has 100 valence electrons. The fraction of sp³-hybridized carbons (Fsp3) is 0.538. The van der Waals surface area contributed by atoms with Gasteiger partial charge in [-0.15, -0.1) is 0 Å². The summed E-state index contributed by atoms with van der Waals surface area (Å²) in [5.41, 5.74) is -0.437. The van der Waals surface area contributed by atoms with Crippen molar-refractivity contribution in [2.75, 3.05) is 11.9 Å². The minimum absolute atomic E-state index is 0.0514. The highest BCUT2D eigenvalue weighted by Crippen LogP contribution is 2.28. The van der Waals surface area contributed by atoms with Gasteiger partial charge in [0.15, 0.2) is 11.6 Å². The number of nitrogens with one attached hydrogen (secondary N) is 1. The molecule has 5 heteroatoms. The van der Waals surface area contributed by atoms with Crippen molar-refractivity contribution in [2.24, 2.45) is 0 Å². The summed E-state index contributed by atoms with van der Waals surface area (Å²) in [5.74, 6) is -3.01. The van der Waals surface area contributed by atoms with Crippen molar-refractivity contribution in [3.63, 3.8) is 0 Å². The summed E-state index contributed by atoms with van der Waals surface area (Å²) >= 11 is 0. The molecule has 0 saturated carbocycles. The van der Waals surface area contributed by atoms with E-state index in [2.05, 4.69) is 5.32 Å². The first-order valence-electron chi connectivity index (χ1n) is 5.92. The number of halogens is 3. The van der Waals surface area contributed by atoms with Crippen molar-refractivity contribution in [2.45, 2.75) is 38.3 Å². The summed E-state index contributed by atoms with van der Waals surface area (Å²) in [5, 5.41) is 2.85. The van der Waals surface area contributed by atoms with E-state index < -0.39 is 17.5 Å². The molecule has 0 aliphatic carbocycles. The van der Waals surface area contributed by atoms with Crippen molar-refractivity contribution < 1.29 is 17.9 Å². The number of ether oxygens (including phenoxy) is 1. The second kappa shape index (κ2) is 4.80. The Bertz CT molecular complexity index is 448. The van der Waals surface area contributed by atoms with Crippen LogP contribution in [0.15, 0.2) is 12.1 Å². The number of benzene rings is 1. The molecular weight excluding hydrogens is 243 g/mol. The topological polar surface area (TPSA) is 21.3 Å². The third-order valence-electron chi connectivity index (χ3n) is 3.05. The molecule has 1 unspecified atom stereocenters. The molecule has 1 aliphatic heterocycles. The molecule has 1 N–H and O–H groups in total. The summed E-state index contributed by atoms with van der Waals surface area (Å²) in [7, 11) is 0. The van der Waals surface area contributed by atoms with Crippen LogP contribution in [0.3, 0.4) is 0 Å². The van der Waals surface area contributed by atoms with Gasteiger partial charge in [-0.1, -0.05) is 0 Å². The molecule has 0 bridgehead atoms. The zero-order valence-electron chi connectivity index (χ0n) is 10.4. The van der Waals surface area contributed by atoms with Crippen LogP contribution >= 0.6 is 0 Å². The average molecular weight is 259 g/mol. The molecule has 18 heavy (non-hydrogen) atoms. The Kier molecular flexibility index (Phi) is 3.52. The predicted octanol–water partition coefficient (Wildman–Crippen LogP) is 3.47. The summed E-state index contributed by atoms with van der Waals surface area (Å²) in [4.78, 5) is 0. The molecule has 0 amide bonds. The van der Waals surface area contributed by atoms with Crippen molar-refractivity contribution >= 4 is 5.69 Å². The largest absolute Gasteiger partial charge is 0.380 e. The summed E-state index contributed by atoms with van der Waals surface area (Å²) in [6, 6.07) is 1.46. The van der Waals surface area contributed by atoms with E-state index in [0.29, 0.717) is 25.5 Å². The van der Waals surface area contributed by atoms with Gasteiger partial charge in [0.05, 0.1) is 11.3 Å². The predicted molar refractivity (Wildman–Crippen MR) is 63.0 cm³/mol. The molecule has 0 radical (unpaired) electrons. The normalized spacial score (nSPS) is 22.8. The fourth-order valence-electron chi connectivity index (χ4n) is 2.24. The van der Waals surface area contributed by atoms with E-state index in [1.54, 1.807) is 0 Å². The van der Waals surface area contributed by atoms with Crippen LogP contribution in [-0.2, 0) is 4.74 Å². The third kappa shape index (κ3) is 2.96. The summed E-state index contributed by atoms with van der Waals surface area (Å²) in [6.45, 7) is 4.41. The summed E-state index contributed by atoms with van der Waals surface area (Å²) in [6.07, 6.45) is 1.34. The Labute approximate surface area is 104 Å². The third-order valence-corrected chi connectivity index (χ3v) is 3.05. The molecule has 2 nitrogen and oxygen atoms in total. The maximum absolute atomic E-state index is 13.5. The minimum Gasteiger partial charge on any atom is -0.380 e. The van der Waals surface area contributed by atoms with Crippen molar-refractivity contribution in [3.8, 4) is 0 Å². The van der Waals surface area contributed by atoms with Gasteiger partial charge in [-0.3, -0.25) is 0 Å². The second-order valence-corrected chi connectivity index (χ2v) is 5.19. The lowest BCUT2D eigenvalue weighted by Gasteiger charge is -2.36. The van der Waals surface area contributed by atoms with Crippen LogP contribution in [0.2, 0.25) is 0 Å². The molecule has 1 atom stereocenters. The lowest BCUT2D eigenvalue weighted by molar-refractivity contribution is -0.0553. The minimum atomic E-state index is -1.18. The van der Waals surface area contributed by atoms with Crippen LogP contribution in [0, 0.1) is 17.5 Å². The average Bonchev–Trinajstić information content (AvgIpc) is 2.24. The van der Waals surface area contributed by atoms with E-state index in [1.165, 1.54) is 0 Å². The fourth-order valence-corrected chi connectivity index (χ4v) is 2.24. The van der Waals surface area contributed by atoms with E-state index >= 15 is 0 Å². The Morgan fingerprint density at radius 3 is 2.67 bits per heavy atom. The molecule has 1 aliphatic rings. The van der Waals surface area contributed by atoms with Crippen molar-refractivity contribution in [3.05, 3.63) is 29.6 Å². The maximum atomic E-state index is 13.5. The van der Waals surface area contributed by atoms with E-state index in [0.717, 1.165) is 6.07 Å². The van der Waals surface area contributed by atoms with Gasteiger partial charge in [0.1, 0.15) is 5.82 Å². The smallest absolute Gasteiger partial charge is 0.182 e. The van der Waals surface area contributed by atoms with E-state index in [1.807, 2.05) is 13.8 Å². The monoisotopic (exact) mass is 259 g/mol. The SMILES string of the molecule is CC1(C)CC(Nc2cc(F)cc(F)c2F)CCO1. The van der Waals surface area contributed by atoms with Gasteiger partial charge in [-0.05, 0) is 26.7 Å². The Morgan fingerprint density at radius 2 is 2.00 bits per heavy atom. The van der Waals surface area contributed by atoms with Gasteiger partial charge in [0, 0.05) is 24.8 Å². The first-order chi connectivity index (χ1) is 8.37.